The number of amides is 1. The third-order valence-corrected chi connectivity index (χ3v) is 5.63. The molecule has 1 aliphatic rings. The fraction of sp³-hybridized carbons (Fsp3) is 0.391. The van der Waals surface area contributed by atoms with Gasteiger partial charge in [-0.2, -0.15) is 0 Å². The molecule has 1 atom stereocenters. The highest BCUT2D eigenvalue weighted by molar-refractivity contribution is 5.79. The van der Waals surface area contributed by atoms with Crippen molar-refractivity contribution in [2.75, 3.05) is 20.2 Å². The predicted molar refractivity (Wildman–Crippen MR) is 114 cm³/mol. The summed E-state index contributed by atoms with van der Waals surface area (Å²) in [5, 5.41) is 0. The summed E-state index contributed by atoms with van der Waals surface area (Å²) in [6.07, 6.45) is 5.99. The molecule has 0 N–H and O–H groups in total. The molecule has 156 valence electrons. The van der Waals surface area contributed by atoms with Crippen LogP contribution >= 0.6 is 0 Å². The van der Waals surface area contributed by atoms with Crippen LogP contribution < -0.4 is 4.74 Å². The fourth-order valence-electron chi connectivity index (χ4n) is 4.10. The van der Waals surface area contributed by atoms with Gasteiger partial charge in [-0.1, -0.05) is 18.2 Å². The largest absolute Gasteiger partial charge is 0.496 e. The van der Waals surface area contributed by atoms with Crippen molar-refractivity contribution < 1.29 is 9.53 Å². The van der Waals surface area contributed by atoms with E-state index in [2.05, 4.69) is 9.97 Å². The normalized spacial score (nSPS) is 16.5. The minimum Gasteiger partial charge on any atom is -0.496 e. The number of imidazole rings is 1. The average molecular weight is 406 g/mol. The molecule has 0 unspecified atom stereocenters. The Balaban J connectivity index is 1.52. The van der Waals surface area contributed by atoms with Crippen LogP contribution in [0.4, 0.5) is 0 Å². The van der Waals surface area contributed by atoms with Crippen molar-refractivity contribution in [2.24, 2.45) is 7.05 Å². The van der Waals surface area contributed by atoms with Gasteiger partial charge in [0.1, 0.15) is 17.3 Å². The number of para-hydroxylation sites is 1. The lowest BCUT2D eigenvalue weighted by molar-refractivity contribution is -0.131. The van der Waals surface area contributed by atoms with Gasteiger partial charge in [0.05, 0.1) is 13.5 Å². The van der Waals surface area contributed by atoms with Gasteiger partial charge in [-0.05, 0) is 31.9 Å². The number of ether oxygens (including phenoxy) is 1. The van der Waals surface area contributed by atoms with Crippen molar-refractivity contribution in [1.82, 2.24) is 24.4 Å². The van der Waals surface area contributed by atoms with E-state index in [9.17, 15) is 4.79 Å². The molecule has 1 amide bonds. The summed E-state index contributed by atoms with van der Waals surface area (Å²) in [4.78, 5) is 28.6. The second-order valence-electron chi connectivity index (χ2n) is 7.75. The molecule has 1 aromatic carbocycles. The number of aryl methyl sites for hydroxylation is 2. The van der Waals surface area contributed by atoms with E-state index in [4.69, 9.17) is 9.72 Å². The molecule has 7 nitrogen and oxygen atoms in total. The number of piperidine rings is 1. The van der Waals surface area contributed by atoms with Crippen LogP contribution in [0.3, 0.4) is 0 Å². The number of likely N-dealkylation sites (tertiary alicyclic amines) is 1. The molecular weight excluding hydrogens is 378 g/mol. The van der Waals surface area contributed by atoms with Crippen LogP contribution in [0.5, 0.6) is 5.75 Å². The summed E-state index contributed by atoms with van der Waals surface area (Å²) in [6, 6.07) is 9.72. The average Bonchev–Trinajstić information content (AvgIpc) is 3.19. The maximum Gasteiger partial charge on any atom is 0.227 e. The summed E-state index contributed by atoms with van der Waals surface area (Å²) >= 11 is 0. The van der Waals surface area contributed by atoms with Gasteiger partial charge in [0.15, 0.2) is 5.82 Å². The van der Waals surface area contributed by atoms with Crippen molar-refractivity contribution in [3.05, 3.63) is 59.8 Å². The Hall–Kier alpha value is -3.22. The Labute approximate surface area is 176 Å². The number of hydrogen-bond donors (Lipinski definition) is 0. The molecule has 0 radical (unpaired) electrons. The minimum absolute atomic E-state index is 0.124. The molecule has 3 aromatic rings. The van der Waals surface area contributed by atoms with E-state index < -0.39 is 0 Å². The van der Waals surface area contributed by atoms with Crippen LogP contribution in [0.15, 0.2) is 42.7 Å². The molecule has 7 heteroatoms. The second kappa shape index (κ2) is 8.65. The zero-order valence-corrected chi connectivity index (χ0v) is 17.7. The van der Waals surface area contributed by atoms with Crippen LogP contribution in [-0.4, -0.2) is 50.5 Å². The molecule has 0 aliphatic carbocycles. The van der Waals surface area contributed by atoms with Crippen LogP contribution in [0.2, 0.25) is 0 Å². The fourth-order valence-corrected chi connectivity index (χ4v) is 4.10. The van der Waals surface area contributed by atoms with E-state index in [0.717, 1.165) is 53.7 Å². The Morgan fingerprint density at radius 1 is 1.27 bits per heavy atom. The molecule has 0 spiro atoms. The summed E-state index contributed by atoms with van der Waals surface area (Å²) in [5.41, 5.74) is 2.72. The topological polar surface area (TPSA) is 73.1 Å². The lowest BCUT2D eigenvalue weighted by Gasteiger charge is -2.33. The maximum atomic E-state index is 13.0. The minimum atomic E-state index is 0.124. The monoisotopic (exact) mass is 405 g/mol. The SMILES string of the molecule is COc1ccccc1CC(=O)N1CCC[C@@H](c2cc(-c3nccn3C)nc(C)n2)C1. The second-order valence-corrected chi connectivity index (χ2v) is 7.75. The molecule has 30 heavy (non-hydrogen) atoms. The van der Waals surface area contributed by atoms with E-state index in [0.29, 0.717) is 13.0 Å². The first-order valence-corrected chi connectivity index (χ1v) is 10.3. The lowest BCUT2D eigenvalue weighted by atomic mass is 9.93. The summed E-state index contributed by atoms with van der Waals surface area (Å²) < 4.78 is 7.35. The van der Waals surface area contributed by atoms with Crippen molar-refractivity contribution in [1.29, 1.82) is 0 Å². The molecule has 3 heterocycles. The molecular formula is C23H27N5O2. The first-order chi connectivity index (χ1) is 14.5. The number of benzene rings is 1. The Morgan fingerprint density at radius 3 is 2.87 bits per heavy atom. The van der Waals surface area contributed by atoms with Gasteiger partial charge in [0.2, 0.25) is 5.91 Å². The highest BCUT2D eigenvalue weighted by Crippen LogP contribution is 2.29. The maximum absolute atomic E-state index is 13.0. The number of nitrogens with zero attached hydrogens (tertiary/aromatic N) is 5. The molecule has 1 saturated heterocycles. The number of aromatic nitrogens is 4. The quantitative estimate of drug-likeness (QED) is 0.652. The zero-order valence-electron chi connectivity index (χ0n) is 17.7. The first-order valence-electron chi connectivity index (χ1n) is 10.3. The zero-order chi connectivity index (χ0) is 21.1. The Morgan fingerprint density at radius 2 is 2.10 bits per heavy atom. The molecule has 1 fully saturated rings. The Kier molecular flexibility index (Phi) is 5.79. The van der Waals surface area contributed by atoms with Crippen molar-refractivity contribution in [3.63, 3.8) is 0 Å². The number of rotatable bonds is 5. The van der Waals surface area contributed by atoms with Crippen molar-refractivity contribution in [3.8, 4) is 17.3 Å². The molecule has 0 saturated carbocycles. The summed E-state index contributed by atoms with van der Waals surface area (Å²) in [6.45, 7) is 3.36. The third-order valence-electron chi connectivity index (χ3n) is 5.63. The van der Waals surface area contributed by atoms with Gasteiger partial charge >= 0.3 is 0 Å². The summed E-state index contributed by atoms with van der Waals surface area (Å²) in [5.74, 6) is 2.62. The first kappa shape index (κ1) is 20.1. The standard InChI is InChI=1S/C23H27N5O2/c1-16-25-19(14-20(26-16)23-24-10-12-27(23)2)18-8-6-11-28(15-18)22(29)13-17-7-4-5-9-21(17)30-3/h4-5,7,9-10,12,14,18H,6,8,11,13,15H2,1-3H3/t18-/m1/s1. The van der Waals surface area contributed by atoms with E-state index in [1.54, 1.807) is 13.3 Å². The number of methoxy groups -OCH3 is 1. The summed E-state index contributed by atoms with van der Waals surface area (Å²) in [7, 11) is 3.59. The Bertz CT molecular complexity index is 1050. The van der Waals surface area contributed by atoms with Gasteiger partial charge in [-0.3, -0.25) is 4.79 Å². The molecule has 0 bridgehead atoms. The molecule has 2 aromatic heterocycles. The van der Waals surface area contributed by atoms with Gasteiger partial charge in [0.25, 0.3) is 0 Å². The number of carbonyl (C=O) groups is 1. The molecule has 1 aliphatic heterocycles. The van der Waals surface area contributed by atoms with E-state index in [1.807, 2.05) is 60.0 Å². The van der Waals surface area contributed by atoms with Gasteiger partial charge in [0, 0.05) is 49.7 Å². The van der Waals surface area contributed by atoms with Gasteiger partial charge in [-0.25, -0.2) is 15.0 Å². The van der Waals surface area contributed by atoms with Crippen LogP contribution in [0.25, 0.3) is 11.5 Å². The van der Waals surface area contributed by atoms with Crippen LogP contribution in [0.1, 0.15) is 35.8 Å². The van der Waals surface area contributed by atoms with E-state index >= 15 is 0 Å². The van der Waals surface area contributed by atoms with Gasteiger partial charge < -0.3 is 14.2 Å². The van der Waals surface area contributed by atoms with Gasteiger partial charge in [-0.15, -0.1) is 0 Å². The smallest absolute Gasteiger partial charge is 0.227 e. The third kappa shape index (κ3) is 4.20. The van der Waals surface area contributed by atoms with Crippen LogP contribution in [-0.2, 0) is 18.3 Å². The van der Waals surface area contributed by atoms with Crippen LogP contribution in [0, 0.1) is 6.92 Å². The number of carbonyl (C=O) groups excluding carboxylic acids is 1. The lowest BCUT2D eigenvalue weighted by Crippen LogP contribution is -2.40. The van der Waals surface area contributed by atoms with E-state index in [1.165, 1.54) is 0 Å². The predicted octanol–water partition coefficient (Wildman–Crippen LogP) is 3.14. The highest BCUT2D eigenvalue weighted by Gasteiger charge is 2.27. The van der Waals surface area contributed by atoms with Crippen molar-refractivity contribution >= 4 is 5.91 Å². The highest BCUT2D eigenvalue weighted by atomic mass is 16.5. The van der Waals surface area contributed by atoms with Crippen molar-refractivity contribution in [2.45, 2.75) is 32.1 Å². The molecule has 4 rings (SSSR count). The number of hydrogen-bond acceptors (Lipinski definition) is 5. The van der Waals surface area contributed by atoms with E-state index in [-0.39, 0.29) is 11.8 Å².